The number of amidine groups is 1. The Hall–Kier alpha value is -3.06. The van der Waals surface area contributed by atoms with Crippen molar-refractivity contribution in [1.82, 2.24) is 4.90 Å². The highest BCUT2D eigenvalue weighted by atomic mass is 16.5. The van der Waals surface area contributed by atoms with E-state index in [0.29, 0.717) is 5.92 Å². The molecule has 0 saturated carbocycles. The molecule has 2 saturated heterocycles. The zero-order valence-corrected chi connectivity index (χ0v) is 19.3. The second kappa shape index (κ2) is 10.7. The summed E-state index contributed by atoms with van der Waals surface area (Å²) in [5.41, 5.74) is 8.58. The van der Waals surface area contributed by atoms with Gasteiger partial charge in [0, 0.05) is 24.3 Å². The zero-order valence-electron chi connectivity index (χ0n) is 19.3. The molecule has 2 fully saturated rings. The molecule has 2 aromatic carbocycles. The Bertz CT molecular complexity index is 932. The van der Waals surface area contributed by atoms with Crippen LogP contribution >= 0.6 is 0 Å². The fraction of sp³-hybridized carbons (Fsp3) is 0.462. The van der Waals surface area contributed by atoms with Crippen molar-refractivity contribution >= 4 is 17.5 Å². The fourth-order valence-electron chi connectivity index (χ4n) is 5.42. The molecule has 2 aliphatic rings. The van der Waals surface area contributed by atoms with Gasteiger partial charge in [-0.1, -0.05) is 35.5 Å². The molecule has 33 heavy (non-hydrogen) atoms. The number of esters is 1. The van der Waals surface area contributed by atoms with Crippen molar-refractivity contribution in [1.29, 1.82) is 0 Å². The van der Waals surface area contributed by atoms with Gasteiger partial charge in [0.15, 0.2) is 5.84 Å². The van der Waals surface area contributed by atoms with Crippen LogP contribution < -0.4 is 10.6 Å². The Morgan fingerprint density at radius 2 is 1.55 bits per heavy atom. The molecule has 2 aliphatic heterocycles. The largest absolute Gasteiger partial charge is 0.468 e. The number of oxime groups is 1. The van der Waals surface area contributed by atoms with E-state index in [1.165, 1.54) is 25.6 Å². The Morgan fingerprint density at radius 3 is 2.09 bits per heavy atom. The second-order valence-corrected chi connectivity index (χ2v) is 9.07. The number of ether oxygens (including phenoxy) is 1. The van der Waals surface area contributed by atoms with Gasteiger partial charge in [0.25, 0.3) is 0 Å². The third-order valence-electron chi connectivity index (χ3n) is 7.32. The normalized spacial score (nSPS) is 19.9. The maximum Gasteiger partial charge on any atom is 0.327 e. The van der Waals surface area contributed by atoms with Gasteiger partial charge in [-0.2, -0.15) is 0 Å². The van der Waals surface area contributed by atoms with Gasteiger partial charge in [0.1, 0.15) is 6.04 Å². The minimum Gasteiger partial charge on any atom is -0.468 e. The molecule has 3 N–H and O–H groups in total. The summed E-state index contributed by atoms with van der Waals surface area (Å²) >= 11 is 0. The van der Waals surface area contributed by atoms with Crippen molar-refractivity contribution in [2.45, 2.75) is 31.7 Å². The highest BCUT2D eigenvalue weighted by Gasteiger charge is 2.35. The molecule has 2 aromatic rings. The number of benzene rings is 2. The number of likely N-dealkylation sites (tertiary alicyclic amines) is 1. The van der Waals surface area contributed by atoms with Crippen LogP contribution in [-0.2, 0) is 9.53 Å². The lowest BCUT2D eigenvalue weighted by Crippen LogP contribution is -2.43. The number of methoxy groups -OCH3 is 1. The van der Waals surface area contributed by atoms with Gasteiger partial charge in [-0.05, 0) is 80.4 Å². The molecule has 0 spiro atoms. The lowest BCUT2D eigenvalue weighted by atomic mass is 9.78. The Balaban J connectivity index is 1.31. The summed E-state index contributed by atoms with van der Waals surface area (Å²) < 4.78 is 5.13. The highest BCUT2D eigenvalue weighted by molar-refractivity contribution is 5.97. The quantitative estimate of drug-likeness (QED) is 0.230. The summed E-state index contributed by atoms with van der Waals surface area (Å²) in [4.78, 5) is 17.3. The predicted molar refractivity (Wildman–Crippen MR) is 129 cm³/mol. The first-order valence-electron chi connectivity index (χ1n) is 11.8. The van der Waals surface area contributed by atoms with Gasteiger partial charge < -0.3 is 20.6 Å². The molecular formula is C26H34N4O3. The summed E-state index contributed by atoms with van der Waals surface area (Å²) in [6.45, 7) is 3.94. The van der Waals surface area contributed by atoms with Crippen LogP contribution in [0.1, 0.15) is 42.9 Å². The number of hydrogen-bond donors (Lipinski definition) is 2. The number of hydrogen-bond acceptors (Lipinski definition) is 6. The maximum atomic E-state index is 12.5. The minimum absolute atomic E-state index is 0.133. The topological polar surface area (TPSA) is 91.4 Å². The number of carbonyl (C=O) groups excluding carboxylic acids is 1. The van der Waals surface area contributed by atoms with E-state index in [4.69, 9.17) is 15.7 Å². The van der Waals surface area contributed by atoms with Crippen LogP contribution in [0.5, 0.6) is 0 Å². The smallest absolute Gasteiger partial charge is 0.327 e. The second-order valence-electron chi connectivity index (χ2n) is 9.07. The van der Waals surface area contributed by atoms with Crippen LogP contribution in [-0.4, -0.2) is 55.2 Å². The van der Waals surface area contributed by atoms with Crippen LogP contribution in [0.4, 0.5) is 5.69 Å². The van der Waals surface area contributed by atoms with Crippen LogP contribution in [0.2, 0.25) is 0 Å². The van der Waals surface area contributed by atoms with Crippen molar-refractivity contribution < 1.29 is 14.7 Å². The van der Waals surface area contributed by atoms with E-state index in [1.54, 1.807) is 0 Å². The van der Waals surface area contributed by atoms with Gasteiger partial charge in [-0.25, -0.2) is 4.79 Å². The lowest BCUT2D eigenvalue weighted by Gasteiger charge is -2.42. The molecule has 0 amide bonds. The monoisotopic (exact) mass is 450 g/mol. The minimum atomic E-state index is -0.313. The SMILES string of the molecule is COC(=O)C(c1ccccc1)N1CCC(C2CCN(c3ccc(C(N)=NO)cc3)CC2)CC1. The van der Waals surface area contributed by atoms with Gasteiger partial charge in [0.2, 0.25) is 0 Å². The van der Waals surface area contributed by atoms with E-state index in [0.717, 1.165) is 56.1 Å². The van der Waals surface area contributed by atoms with E-state index < -0.39 is 0 Å². The van der Waals surface area contributed by atoms with E-state index in [-0.39, 0.29) is 17.8 Å². The number of nitrogens with two attached hydrogens (primary N) is 1. The standard InChI is InChI=1S/C26H34N4O3/c1-33-26(31)24(21-5-3-2-4-6-21)30-17-13-20(14-18-30)19-11-15-29(16-12-19)23-9-7-22(8-10-23)25(27)28-32/h2-10,19-20,24,32H,11-18H2,1H3,(H2,27,28). The first-order valence-corrected chi connectivity index (χ1v) is 11.8. The molecule has 0 aromatic heterocycles. The van der Waals surface area contributed by atoms with Crippen LogP contribution in [0.3, 0.4) is 0 Å². The van der Waals surface area contributed by atoms with Crippen LogP contribution in [0, 0.1) is 11.8 Å². The summed E-state index contributed by atoms with van der Waals surface area (Å²) in [7, 11) is 1.47. The molecule has 1 atom stereocenters. The number of rotatable bonds is 6. The third kappa shape index (κ3) is 5.30. The van der Waals surface area contributed by atoms with Crippen molar-refractivity contribution in [3.63, 3.8) is 0 Å². The highest BCUT2D eigenvalue weighted by Crippen LogP contribution is 2.36. The van der Waals surface area contributed by atoms with Crippen molar-refractivity contribution in [2.75, 3.05) is 38.2 Å². The first-order chi connectivity index (χ1) is 16.1. The Kier molecular flexibility index (Phi) is 7.50. The molecule has 7 heteroatoms. The molecule has 2 heterocycles. The average Bonchev–Trinajstić information content (AvgIpc) is 2.89. The molecule has 176 valence electrons. The number of nitrogens with zero attached hydrogens (tertiary/aromatic N) is 3. The van der Waals surface area contributed by atoms with Crippen molar-refractivity contribution in [3.05, 3.63) is 65.7 Å². The molecule has 0 radical (unpaired) electrons. The summed E-state index contributed by atoms with van der Waals surface area (Å²) in [6.07, 6.45) is 4.62. The molecule has 4 rings (SSSR count). The number of piperidine rings is 2. The molecule has 1 unspecified atom stereocenters. The summed E-state index contributed by atoms with van der Waals surface area (Å²) in [5.74, 6) is 1.40. The van der Waals surface area contributed by atoms with Crippen LogP contribution in [0.15, 0.2) is 59.8 Å². The lowest BCUT2D eigenvalue weighted by molar-refractivity contribution is -0.148. The van der Waals surface area contributed by atoms with Gasteiger partial charge in [-0.15, -0.1) is 0 Å². The first kappa shape index (κ1) is 23.1. The van der Waals surface area contributed by atoms with Gasteiger partial charge in [0.05, 0.1) is 7.11 Å². The van der Waals surface area contributed by atoms with E-state index in [1.807, 2.05) is 54.6 Å². The number of anilines is 1. The van der Waals surface area contributed by atoms with Gasteiger partial charge in [-0.3, -0.25) is 4.90 Å². The predicted octanol–water partition coefficient (Wildman–Crippen LogP) is 3.62. The summed E-state index contributed by atoms with van der Waals surface area (Å²) in [6, 6.07) is 17.5. The van der Waals surface area contributed by atoms with Crippen molar-refractivity contribution in [3.8, 4) is 0 Å². The van der Waals surface area contributed by atoms with Gasteiger partial charge >= 0.3 is 5.97 Å². The van der Waals surface area contributed by atoms with Crippen molar-refractivity contribution in [2.24, 2.45) is 22.7 Å². The van der Waals surface area contributed by atoms with E-state index in [9.17, 15) is 4.79 Å². The molecular weight excluding hydrogens is 416 g/mol. The average molecular weight is 451 g/mol. The Labute approximate surface area is 195 Å². The molecule has 7 nitrogen and oxygen atoms in total. The van der Waals surface area contributed by atoms with E-state index >= 15 is 0 Å². The van der Waals surface area contributed by atoms with E-state index in [2.05, 4.69) is 15.0 Å². The third-order valence-corrected chi connectivity index (χ3v) is 7.32. The zero-order chi connectivity index (χ0) is 23.2. The maximum absolute atomic E-state index is 12.5. The van der Waals surface area contributed by atoms with Crippen LogP contribution in [0.25, 0.3) is 0 Å². The Morgan fingerprint density at radius 1 is 0.970 bits per heavy atom. The molecule has 0 aliphatic carbocycles. The molecule has 0 bridgehead atoms. The number of carbonyl (C=O) groups is 1. The summed E-state index contributed by atoms with van der Waals surface area (Å²) in [5, 5.41) is 11.9. The fourth-order valence-corrected chi connectivity index (χ4v) is 5.42.